The van der Waals surface area contributed by atoms with Crippen molar-refractivity contribution in [1.82, 2.24) is 20.1 Å². The van der Waals surface area contributed by atoms with E-state index in [0.717, 1.165) is 12.2 Å². The third kappa shape index (κ3) is 2.46. The SMILES string of the molecule is CC(C)(C)c1nc(C(=O)N2CC[C@H](N)C2)n[nH]1. The molecule has 1 aliphatic heterocycles. The second-order valence-electron chi connectivity index (χ2n) is 5.56. The van der Waals surface area contributed by atoms with E-state index in [1.54, 1.807) is 4.90 Å². The Hall–Kier alpha value is -1.43. The molecule has 2 rings (SSSR count). The average Bonchev–Trinajstić information content (AvgIpc) is 2.83. The molecule has 0 aliphatic carbocycles. The van der Waals surface area contributed by atoms with Crippen molar-refractivity contribution in [2.75, 3.05) is 13.1 Å². The molecule has 94 valence electrons. The Balaban J connectivity index is 2.13. The number of aromatic nitrogens is 3. The van der Waals surface area contributed by atoms with E-state index in [1.165, 1.54) is 0 Å². The Morgan fingerprint density at radius 1 is 1.53 bits per heavy atom. The van der Waals surface area contributed by atoms with Gasteiger partial charge < -0.3 is 10.6 Å². The van der Waals surface area contributed by atoms with Gasteiger partial charge in [-0.25, -0.2) is 4.98 Å². The van der Waals surface area contributed by atoms with Crippen molar-refractivity contribution < 1.29 is 4.79 Å². The number of likely N-dealkylation sites (tertiary alicyclic amines) is 1. The molecule has 0 spiro atoms. The highest BCUT2D eigenvalue weighted by molar-refractivity contribution is 5.90. The molecule has 3 N–H and O–H groups in total. The van der Waals surface area contributed by atoms with Crippen LogP contribution in [-0.4, -0.2) is 45.1 Å². The zero-order valence-corrected chi connectivity index (χ0v) is 10.5. The summed E-state index contributed by atoms with van der Waals surface area (Å²) in [6, 6.07) is 0.0833. The van der Waals surface area contributed by atoms with Crippen LogP contribution in [-0.2, 0) is 5.41 Å². The lowest BCUT2D eigenvalue weighted by atomic mass is 9.96. The van der Waals surface area contributed by atoms with Crippen molar-refractivity contribution in [2.45, 2.75) is 38.6 Å². The summed E-state index contributed by atoms with van der Waals surface area (Å²) in [6.07, 6.45) is 0.849. The predicted molar refractivity (Wildman–Crippen MR) is 63.6 cm³/mol. The van der Waals surface area contributed by atoms with E-state index in [0.29, 0.717) is 13.1 Å². The van der Waals surface area contributed by atoms with Crippen molar-refractivity contribution in [2.24, 2.45) is 5.73 Å². The van der Waals surface area contributed by atoms with Crippen LogP contribution in [0.1, 0.15) is 43.6 Å². The summed E-state index contributed by atoms with van der Waals surface area (Å²) in [4.78, 5) is 18.0. The standard InChI is InChI=1S/C11H19N5O/c1-11(2,3)10-13-8(14-15-10)9(17)16-5-4-7(12)6-16/h7H,4-6,12H2,1-3H3,(H,13,14,15)/t7-/m0/s1. The molecule has 0 unspecified atom stereocenters. The zero-order valence-electron chi connectivity index (χ0n) is 10.5. The summed E-state index contributed by atoms with van der Waals surface area (Å²) in [7, 11) is 0. The van der Waals surface area contributed by atoms with Crippen LogP contribution in [0.25, 0.3) is 0 Å². The molecule has 2 heterocycles. The van der Waals surface area contributed by atoms with Crippen LogP contribution in [0.3, 0.4) is 0 Å². The number of aromatic amines is 1. The van der Waals surface area contributed by atoms with Gasteiger partial charge in [0.25, 0.3) is 5.91 Å². The summed E-state index contributed by atoms with van der Waals surface area (Å²) in [5, 5.41) is 6.81. The average molecular weight is 237 g/mol. The molecule has 1 fully saturated rings. The van der Waals surface area contributed by atoms with Gasteiger partial charge in [-0.1, -0.05) is 20.8 Å². The van der Waals surface area contributed by atoms with Crippen molar-refractivity contribution in [3.8, 4) is 0 Å². The number of carbonyl (C=O) groups is 1. The summed E-state index contributed by atoms with van der Waals surface area (Å²) >= 11 is 0. The van der Waals surface area contributed by atoms with E-state index in [1.807, 2.05) is 20.8 Å². The molecule has 0 saturated carbocycles. The number of rotatable bonds is 1. The van der Waals surface area contributed by atoms with Crippen molar-refractivity contribution in [3.63, 3.8) is 0 Å². The Labute approximate surface area is 101 Å². The second-order valence-corrected chi connectivity index (χ2v) is 5.56. The molecule has 1 aromatic rings. The third-order valence-corrected chi connectivity index (χ3v) is 2.90. The lowest BCUT2D eigenvalue weighted by Gasteiger charge is -2.14. The molecule has 1 aliphatic rings. The van der Waals surface area contributed by atoms with Crippen LogP contribution >= 0.6 is 0 Å². The van der Waals surface area contributed by atoms with Gasteiger partial charge in [-0.05, 0) is 6.42 Å². The quantitative estimate of drug-likeness (QED) is 0.734. The largest absolute Gasteiger partial charge is 0.334 e. The lowest BCUT2D eigenvalue weighted by molar-refractivity contribution is 0.0779. The van der Waals surface area contributed by atoms with Crippen LogP contribution < -0.4 is 5.73 Å². The van der Waals surface area contributed by atoms with Gasteiger partial charge in [-0.2, -0.15) is 0 Å². The van der Waals surface area contributed by atoms with Crippen molar-refractivity contribution in [3.05, 3.63) is 11.6 Å². The van der Waals surface area contributed by atoms with Crippen LogP contribution in [0, 0.1) is 0 Å². The maximum absolute atomic E-state index is 12.1. The number of nitrogens with one attached hydrogen (secondary N) is 1. The monoisotopic (exact) mass is 237 g/mol. The maximum atomic E-state index is 12.1. The number of H-pyrrole nitrogens is 1. The first-order valence-electron chi connectivity index (χ1n) is 5.85. The minimum absolute atomic E-state index is 0.0833. The summed E-state index contributed by atoms with van der Waals surface area (Å²) < 4.78 is 0. The molecule has 0 radical (unpaired) electrons. The van der Waals surface area contributed by atoms with E-state index >= 15 is 0 Å². The Morgan fingerprint density at radius 3 is 2.71 bits per heavy atom. The Morgan fingerprint density at radius 2 is 2.24 bits per heavy atom. The minimum Gasteiger partial charge on any atom is -0.334 e. The molecule has 1 amide bonds. The van der Waals surface area contributed by atoms with E-state index in [9.17, 15) is 4.79 Å². The fraction of sp³-hybridized carbons (Fsp3) is 0.727. The van der Waals surface area contributed by atoms with Gasteiger partial charge in [0.2, 0.25) is 5.82 Å². The maximum Gasteiger partial charge on any atom is 0.293 e. The minimum atomic E-state index is -0.135. The third-order valence-electron chi connectivity index (χ3n) is 2.90. The molecule has 17 heavy (non-hydrogen) atoms. The molecule has 1 saturated heterocycles. The molecular weight excluding hydrogens is 218 g/mol. The molecule has 0 bridgehead atoms. The Bertz CT molecular complexity index is 420. The number of nitrogens with two attached hydrogens (primary N) is 1. The van der Waals surface area contributed by atoms with Gasteiger partial charge in [0.15, 0.2) is 0 Å². The number of hydrogen-bond acceptors (Lipinski definition) is 4. The molecule has 1 atom stereocenters. The number of amides is 1. The summed E-state index contributed by atoms with van der Waals surface area (Å²) in [5.74, 6) is 0.832. The van der Waals surface area contributed by atoms with Gasteiger partial charge in [0, 0.05) is 24.5 Å². The number of nitrogens with zero attached hydrogens (tertiary/aromatic N) is 3. The van der Waals surface area contributed by atoms with Crippen molar-refractivity contribution in [1.29, 1.82) is 0 Å². The molecule has 1 aromatic heterocycles. The topological polar surface area (TPSA) is 87.9 Å². The number of hydrogen-bond donors (Lipinski definition) is 2. The predicted octanol–water partition coefficient (Wildman–Crippen LogP) is 0.275. The van der Waals surface area contributed by atoms with Crippen LogP contribution in [0.2, 0.25) is 0 Å². The molecule has 6 heteroatoms. The molecule has 6 nitrogen and oxygen atoms in total. The van der Waals surface area contributed by atoms with Crippen LogP contribution in [0.4, 0.5) is 0 Å². The zero-order chi connectivity index (χ0) is 12.6. The van der Waals surface area contributed by atoms with E-state index in [4.69, 9.17) is 5.73 Å². The highest BCUT2D eigenvalue weighted by Crippen LogP contribution is 2.18. The van der Waals surface area contributed by atoms with Crippen LogP contribution in [0.15, 0.2) is 0 Å². The van der Waals surface area contributed by atoms with E-state index in [-0.39, 0.29) is 23.2 Å². The fourth-order valence-electron chi connectivity index (χ4n) is 1.81. The second kappa shape index (κ2) is 4.10. The van der Waals surface area contributed by atoms with Gasteiger partial charge in [0.05, 0.1) is 0 Å². The first-order chi connectivity index (χ1) is 7.88. The normalized spacial score (nSPS) is 20.9. The Kier molecular flexibility index (Phi) is 2.91. The summed E-state index contributed by atoms with van der Waals surface area (Å²) in [6.45, 7) is 7.35. The fourth-order valence-corrected chi connectivity index (χ4v) is 1.81. The van der Waals surface area contributed by atoms with Gasteiger partial charge in [-0.15, -0.1) is 5.10 Å². The lowest BCUT2D eigenvalue weighted by Crippen LogP contribution is -2.32. The first kappa shape index (κ1) is 12.0. The van der Waals surface area contributed by atoms with Crippen LogP contribution in [0.5, 0.6) is 0 Å². The highest BCUT2D eigenvalue weighted by atomic mass is 16.2. The van der Waals surface area contributed by atoms with Gasteiger partial charge in [0.1, 0.15) is 5.82 Å². The molecular formula is C11H19N5O. The van der Waals surface area contributed by atoms with Gasteiger partial charge in [-0.3, -0.25) is 9.89 Å². The van der Waals surface area contributed by atoms with E-state index in [2.05, 4.69) is 15.2 Å². The van der Waals surface area contributed by atoms with Crippen molar-refractivity contribution >= 4 is 5.91 Å². The smallest absolute Gasteiger partial charge is 0.293 e. The first-order valence-corrected chi connectivity index (χ1v) is 5.85. The van der Waals surface area contributed by atoms with Gasteiger partial charge >= 0.3 is 0 Å². The highest BCUT2D eigenvalue weighted by Gasteiger charge is 2.28. The summed E-state index contributed by atoms with van der Waals surface area (Å²) in [5.41, 5.74) is 5.64. The molecule has 0 aromatic carbocycles. The van der Waals surface area contributed by atoms with E-state index < -0.39 is 0 Å². The number of carbonyl (C=O) groups excluding carboxylic acids is 1.